The van der Waals surface area contributed by atoms with Crippen LogP contribution in [-0.2, 0) is 11.3 Å². The van der Waals surface area contributed by atoms with E-state index in [0.717, 1.165) is 25.0 Å². The first-order valence-corrected chi connectivity index (χ1v) is 6.01. The number of nitrogens with one attached hydrogen (secondary N) is 1. The van der Waals surface area contributed by atoms with Crippen LogP contribution in [0.25, 0.3) is 0 Å². The van der Waals surface area contributed by atoms with Gasteiger partial charge in [-0.25, -0.2) is 0 Å². The molecule has 1 aromatic rings. The van der Waals surface area contributed by atoms with E-state index in [2.05, 4.69) is 12.2 Å². The molecule has 2 atom stereocenters. The molecular formula is C13H19NO3. The number of aromatic hydroxyl groups is 2. The van der Waals surface area contributed by atoms with Crippen LogP contribution >= 0.6 is 0 Å². The standard InChI is InChI=1S/C13H19NO3/c1-9-6-11(4-5-17-9)14-8-10-2-3-12(15)7-13(10)16/h2-3,7,9,11,14-16H,4-6,8H2,1H3. The molecule has 0 radical (unpaired) electrons. The Hall–Kier alpha value is -1.26. The third-order valence-corrected chi connectivity index (χ3v) is 3.14. The monoisotopic (exact) mass is 237 g/mol. The smallest absolute Gasteiger partial charge is 0.123 e. The second kappa shape index (κ2) is 5.38. The minimum absolute atomic E-state index is 0.0888. The zero-order chi connectivity index (χ0) is 12.3. The van der Waals surface area contributed by atoms with Crippen LogP contribution in [0.1, 0.15) is 25.3 Å². The molecule has 1 aliphatic rings. The van der Waals surface area contributed by atoms with E-state index in [4.69, 9.17) is 4.74 Å². The first kappa shape index (κ1) is 12.2. The van der Waals surface area contributed by atoms with Gasteiger partial charge in [-0.2, -0.15) is 0 Å². The molecule has 0 aromatic heterocycles. The summed E-state index contributed by atoms with van der Waals surface area (Å²) in [6, 6.07) is 5.12. The molecule has 4 heteroatoms. The number of ether oxygens (including phenoxy) is 1. The van der Waals surface area contributed by atoms with Gasteiger partial charge in [-0.05, 0) is 25.8 Å². The lowest BCUT2D eigenvalue weighted by Gasteiger charge is -2.28. The first-order valence-electron chi connectivity index (χ1n) is 6.01. The van der Waals surface area contributed by atoms with Crippen LogP contribution in [0, 0.1) is 0 Å². The minimum atomic E-state index is 0.0888. The van der Waals surface area contributed by atoms with Crippen molar-refractivity contribution in [3.8, 4) is 11.5 Å². The molecule has 0 aliphatic carbocycles. The summed E-state index contributed by atoms with van der Waals surface area (Å²) in [6.07, 6.45) is 2.30. The molecule has 1 aliphatic heterocycles. The Bertz CT molecular complexity index is 381. The van der Waals surface area contributed by atoms with Gasteiger partial charge in [-0.1, -0.05) is 6.07 Å². The summed E-state index contributed by atoms with van der Waals surface area (Å²) < 4.78 is 5.48. The minimum Gasteiger partial charge on any atom is -0.508 e. The van der Waals surface area contributed by atoms with Crippen LogP contribution in [0.4, 0.5) is 0 Å². The van der Waals surface area contributed by atoms with Gasteiger partial charge in [0, 0.05) is 30.8 Å². The molecule has 1 fully saturated rings. The molecule has 94 valence electrons. The van der Waals surface area contributed by atoms with E-state index in [-0.39, 0.29) is 11.5 Å². The van der Waals surface area contributed by atoms with Gasteiger partial charge in [0.1, 0.15) is 11.5 Å². The Kier molecular flexibility index (Phi) is 3.86. The molecule has 1 aromatic carbocycles. The molecule has 2 unspecified atom stereocenters. The topological polar surface area (TPSA) is 61.7 Å². The summed E-state index contributed by atoms with van der Waals surface area (Å²) in [5, 5.41) is 22.2. The van der Waals surface area contributed by atoms with Crippen molar-refractivity contribution in [3.63, 3.8) is 0 Å². The second-order valence-corrected chi connectivity index (χ2v) is 4.60. The van der Waals surface area contributed by atoms with Crippen molar-refractivity contribution in [2.75, 3.05) is 6.61 Å². The molecule has 2 rings (SSSR count). The largest absolute Gasteiger partial charge is 0.508 e. The van der Waals surface area contributed by atoms with Crippen molar-refractivity contribution < 1.29 is 14.9 Å². The van der Waals surface area contributed by atoms with Crippen molar-refractivity contribution in [1.82, 2.24) is 5.32 Å². The van der Waals surface area contributed by atoms with E-state index in [9.17, 15) is 10.2 Å². The lowest BCUT2D eigenvalue weighted by molar-refractivity contribution is 0.0130. The van der Waals surface area contributed by atoms with Crippen LogP contribution in [0.3, 0.4) is 0 Å². The maximum absolute atomic E-state index is 9.65. The number of rotatable bonds is 3. The van der Waals surface area contributed by atoms with Crippen LogP contribution < -0.4 is 5.32 Å². The van der Waals surface area contributed by atoms with Crippen LogP contribution in [0.15, 0.2) is 18.2 Å². The average molecular weight is 237 g/mol. The van der Waals surface area contributed by atoms with Gasteiger partial charge in [-0.15, -0.1) is 0 Å². The quantitative estimate of drug-likeness (QED) is 0.749. The van der Waals surface area contributed by atoms with E-state index in [1.165, 1.54) is 6.07 Å². The van der Waals surface area contributed by atoms with Crippen molar-refractivity contribution in [3.05, 3.63) is 23.8 Å². The fourth-order valence-corrected chi connectivity index (χ4v) is 2.14. The lowest BCUT2D eigenvalue weighted by Crippen LogP contribution is -2.37. The fraction of sp³-hybridized carbons (Fsp3) is 0.538. The molecule has 0 spiro atoms. The molecule has 1 saturated heterocycles. The number of phenolic OH excluding ortho intramolecular Hbond substituents is 2. The zero-order valence-electron chi connectivity index (χ0n) is 10.0. The zero-order valence-corrected chi connectivity index (χ0v) is 10.0. The Balaban J connectivity index is 1.88. The van der Waals surface area contributed by atoms with Crippen LogP contribution in [0.5, 0.6) is 11.5 Å². The predicted octanol–water partition coefficient (Wildman–Crippen LogP) is 1.75. The average Bonchev–Trinajstić information content (AvgIpc) is 2.28. The van der Waals surface area contributed by atoms with E-state index in [1.54, 1.807) is 12.1 Å². The highest BCUT2D eigenvalue weighted by molar-refractivity contribution is 5.38. The Morgan fingerprint density at radius 3 is 2.94 bits per heavy atom. The molecule has 4 nitrogen and oxygen atoms in total. The van der Waals surface area contributed by atoms with Crippen LogP contribution in [0.2, 0.25) is 0 Å². The van der Waals surface area contributed by atoms with Crippen LogP contribution in [-0.4, -0.2) is 29.0 Å². The summed E-state index contributed by atoms with van der Waals surface area (Å²) >= 11 is 0. The maximum Gasteiger partial charge on any atom is 0.123 e. The number of phenols is 2. The van der Waals surface area contributed by atoms with Gasteiger partial charge in [0.2, 0.25) is 0 Å². The van der Waals surface area contributed by atoms with Gasteiger partial charge >= 0.3 is 0 Å². The summed E-state index contributed by atoms with van der Waals surface area (Å²) in [5.41, 5.74) is 0.807. The molecule has 0 amide bonds. The molecule has 0 saturated carbocycles. The van der Waals surface area contributed by atoms with Crippen molar-refractivity contribution in [2.45, 2.75) is 38.5 Å². The SMILES string of the molecule is CC1CC(NCc2ccc(O)cc2O)CCO1. The molecule has 1 heterocycles. The van der Waals surface area contributed by atoms with Gasteiger partial charge in [0.15, 0.2) is 0 Å². The highest BCUT2D eigenvalue weighted by Crippen LogP contribution is 2.23. The summed E-state index contributed by atoms with van der Waals surface area (Å²) in [7, 11) is 0. The van der Waals surface area contributed by atoms with Gasteiger partial charge in [0.05, 0.1) is 6.10 Å². The first-order chi connectivity index (χ1) is 8.15. The normalized spacial score (nSPS) is 24.8. The molecule has 0 bridgehead atoms. The van der Waals surface area contributed by atoms with E-state index >= 15 is 0 Å². The highest BCUT2D eigenvalue weighted by Gasteiger charge is 2.18. The second-order valence-electron chi connectivity index (χ2n) is 4.60. The fourth-order valence-electron chi connectivity index (χ4n) is 2.14. The van der Waals surface area contributed by atoms with Gasteiger partial charge in [-0.3, -0.25) is 0 Å². The van der Waals surface area contributed by atoms with Gasteiger partial charge < -0.3 is 20.3 Å². The summed E-state index contributed by atoms with van der Waals surface area (Å²) in [5.74, 6) is 0.226. The van der Waals surface area contributed by atoms with E-state index in [1.807, 2.05) is 0 Å². The number of benzene rings is 1. The molecule has 17 heavy (non-hydrogen) atoms. The number of hydrogen-bond donors (Lipinski definition) is 3. The van der Waals surface area contributed by atoms with Gasteiger partial charge in [0.25, 0.3) is 0 Å². The van der Waals surface area contributed by atoms with Crippen molar-refractivity contribution in [1.29, 1.82) is 0 Å². The Morgan fingerprint density at radius 1 is 1.41 bits per heavy atom. The predicted molar refractivity (Wildman–Crippen MR) is 65.0 cm³/mol. The Labute approximate surface area is 101 Å². The van der Waals surface area contributed by atoms with Crippen molar-refractivity contribution >= 4 is 0 Å². The van der Waals surface area contributed by atoms with Crippen molar-refractivity contribution in [2.24, 2.45) is 0 Å². The van der Waals surface area contributed by atoms with E-state index < -0.39 is 0 Å². The third kappa shape index (κ3) is 3.35. The van der Waals surface area contributed by atoms with E-state index in [0.29, 0.717) is 18.7 Å². The Morgan fingerprint density at radius 2 is 2.24 bits per heavy atom. The molecular weight excluding hydrogens is 218 g/mol. The summed E-state index contributed by atoms with van der Waals surface area (Å²) in [6.45, 7) is 3.48. The number of hydrogen-bond acceptors (Lipinski definition) is 4. The third-order valence-electron chi connectivity index (χ3n) is 3.14. The highest BCUT2D eigenvalue weighted by atomic mass is 16.5. The maximum atomic E-state index is 9.65. The molecule has 3 N–H and O–H groups in total. The summed E-state index contributed by atoms with van der Waals surface area (Å²) in [4.78, 5) is 0. The lowest BCUT2D eigenvalue weighted by atomic mass is 10.0.